The zero-order chi connectivity index (χ0) is 13.1. The second kappa shape index (κ2) is 5.43. The van der Waals surface area contributed by atoms with E-state index in [1.807, 2.05) is 37.3 Å². The molecule has 0 aromatic heterocycles. The van der Waals surface area contributed by atoms with Crippen LogP contribution in [0, 0.1) is 18.3 Å². The number of hydrogen-bond donors (Lipinski definition) is 1. The lowest BCUT2D eigenvalue weighted by Crippen LogP contribution is -1.96. The standard InChI is InChI=1S/C14H10BrClN2/c1-9-3-2-4-10(8-17)14(9)18-11-5-6-12(15)13(16)7-11/h2-7,18H,1H3. The molecule has 0 heterocycles. The lowest BCUT2D eigenvalue weighted by molar-refractivity contribution is 1.39. The Labute approximate surface area is 119 Å². The number of hydrogen-bond acceptors (Lipinski definition) is 2. The number of rotatable bonds is 2. The summed E-state index contributed by atoms with van der Waals surface area (Å²) in [5, 5.41) is 13.0. The van der Waals surface area contributed by atoms with Gasteiger partial charge in [0.2, 0.25) is 0 Å². The lowest BCUT2D eigenvalue weighted by Gasteiger charge is -2.11. The molecular formula is C14H10BrClN2. The Bertz CT molecular complexity index is 632. The first kappa shape index (κ1) is 12.9. The summed E-state index contributed by atoms with van der Waals surface area (Å²) < 4.78 is 0.847. The van der Waals surface area contributed by atoms with Gasteiger partial charge in [-0.3, -0.25) is 0 Å². The maximum Gasteiger partial charge on any atom is 0.101 e. The highest BCUT2D eigenvalue weighted by Crippen LogP contribution is 2.29. The van der Waals surface area contributed by atoms with Crippen molar-refractivity contribution >= 4 is 38.9 Å². The molecule has 0 fully saturated rings. The van der Waals surface area contributed by atoms with Crippen molar-refractivity contribution < 1.29 is 0 Å². The average Bonchev–Trinajstić information content (AvgIpc) is 2.36. The number of nitrogens with one attached hydrogen (secondary N) is 1. The van der Waals surface area contributed by atoms with Gasteiger partial charge in [-0.25, -0.2) is 0 Å². The van der Waals surface area contributed by atoms with Gasteiger partial charge in [0.05, 0.1) is 16.3 Å². The molecule has 0 spiro atoms. The van der Waals surface area contributed by atoms with E-state index in [-0.39, 0.29) is 0 Å². The van der Waals surface area contributed by atoms with Gasteiger partial charge in [0.15, 0.2) is 0 Å². The Morgan fingerprint density at radius 2 is 2.06 bits per heavy atom. The maximum atomic E-state index is 9.10. The largest absolute Gasteiger partial charge is 0.354 e. The van der Waals surface area contributed by atoms with Crippen LogP contribution in [0.25, 0.3) is 0 Å². The van der Waals surface area contributed by atoms with Crippen LogP contribution in [0.4, 0.5) is 11.4 Å². The molecule has 18 heavy (non-hydrogen) atoms. The normalized spacial score (nSPS) is 9.89. The third-order valence-corrected chi connectivity index (χ3v) is 3.81. The van der Waals surface area contributed by atoms with Gasteiger partial charge in [0.1, 0.15) is 6.07 Å². The first-order valence-electron chi connectivity index (χ1n) is 5.33. The summed E-state index contributed by atoms with van der Waals surface area (Å²) in [7, 11) is 0. The van der Waals surface area contributed by atoms with Crippen molar-refractivity contribution in [2.24, 2.45) is 0 Å². The Kier molecular flexibility index (Phi) is 3.90. The highest BCUT2D eigenvalue weighted by atomic mass is 79.9. The van der Waals surface area contributed by atoms with E-state index < -0.39 is 0 Å². The Morgan fingerprint density at radius 3 is 2.72 bits per heavy atom. The van der Waals surface area contributed by atoms with E-state index in [9.17, 15) is 0 Å². The first-order valence-corrected chi connectivity index (χ1v) is 6.50. The molecule has 0 saturated carbocycles. The minimum absolute atomic E-state index is 0.619. The number of nitrogens with zero attached hydrogens (tertiary/aromatic N) is 1. The van der Waals surface area contributed by atoms with Crippen molar-refractivity contribution in [1.29, 1.82) is 5.26 Å². The second-order valence-corrected chi connectivity index (χ2v) is 5.12. The third-order valence-electron chi connectivity index (χ3n) is 2.58. The van der Waals surface area contributed by atoms with Crippen LogP contribution in [0.3, 0.4) is 0 Å². The molecule has 0 unspecified atom stereocenters. The summed E-state index contributed by atoms with van der Waals surface area (Å²) in [6.45, 7) is 1.96. The number of halogens is 2. The SMILES string of the molecule is Cc1cccc(C#N)c1Nc1ccc(Br)c(Cl)c1. The molecule has 2 aromatic carbocycles. The van der Waals surface area contributed by atoms with Crippen LogP contribution >= 0.6 is 27.5 Å². The Hall–Kier alpha value is -1.50. The molecule has 90 valence electrons. The van der Waals surface area contributed by atoms with Crippen LogP contribution in [-0.4, -0.2) is 0 Å². The van der Waals surface area contributed by atoms with E-state index in [2.05, 4.69) is 27.3 Å². The smallest absolute Gasteiger partial charge is 0.101 e. The minimum Gasteiger partial charge on any atom is -0.354 e. The van der Waals surface area contributed by atoms with Gasteiger partial charge < -0.3 is 5.32 Å². The van der Waals surface area contributed by atoms with E-state index in [0.29, 0.717) is 10.6 Å². The summed E-state index contributed by atoms with van der Waals surface area (Å²) in [5.41, 5.74) is 3.31. The zero-order valence-corrected chi connectivity index (χ0v) is 12.0. The molecule has 0 aliphatic heterocycles. The highest BCUT2D eigenvalue weighted by Gasteiger charge is 2.06. The van der Waals surface area contributed by atoms with Crippen LogP contribution in [0.15, 0.2) is 40.9 Å². The average molecular weight is 322 g/mol. The fraction of sp³-hybridized carbons (Fsp3) is 0.0714. The Morgan fingerprint density at radius 1 is 1.28 bits per heavy atom. The molecule has 4 heteroatoms. The predicted molar refractivity (Wildman–Crippen MR) is 78.3 cm³/mol. The van der Waals surface area contributed by atoms with Crippen molar-refractivity contribution in [3.8, 4) is 6.07 Å². The zero-order valence-electron chi connectivity index (χ0n) is 9.67. The maximum absolute atomic E-state index is 9.10. The van der Waals surface area contributed by atoms with Gasteiger partial charge in [-0.2, -0.15) is 5.26 Å². The summed E-state index contributed by atoms with van der Waals surface area (Å²) in [6, 6.07) is 13.4. The molecular weight excluding hydrogens is 312 g/mol. The van der Waals surface area contributed by atoms with Gasteiger partial charge in [0, 0.05) is 10.2 Å². The van der Waals surface area contributed by atoms with Gasteiger partial charge >= 0.3 is 0 Å². The minimum atomic E-state index is 0.619. The van der Waals surface area contributed by atoms with Crippen LogP contribution in [0.1, 0.15) is 11.1 Å². The molecule has 0 aliphatic rings. The van der Waals surface area contributed by atoms with Gasteiger partial charge in [-0.1, -0.05) is 23.7 Å². The molecule has 2 aromatic rings. The van der Waals surface area contributed by atoms with E-state index >= 15 is 0 Å². The summed E-state index contributed by atoms with van der Waals surface area (Å²) in [5.74, 6) is 0. The topological polar surface area (TPSA) is 35.8 Å². The quantitative estimate of drug-likeness (QED) is 0.842. The fourth-order valence-corrected chi connectivity index (χ4v) is 2.07. The van der Waals surface area contributed by atoms with Crippen molar-refractivity contribution in [3.05, 3.63) is 57.0 Å². The molecule has 0 amide bonds. The number of nitriles is 1. The molecule has 0 aliphatic carbocycles. The monoisotopic (exact) mass is 320 g/mol. The highest BCUT2D eigenvalue weighted by molar-refractivity contribution is 9.10. The van der Waals surface area contributed by atoms with Crippen molar-refractivity contribution in [2.75, 3.05) is 5.32 Å². The number of benzene rings is 2. The molecule has 0 saturated heterocycles. The molecule has 0 bridgehead atoms. The van der Waals surface area contributed by atoms with Gasteiger partial charge in [-0.15, -0.1) is 0 Å². The van der Waals surface area contributed by atoms with E-state index in [0.717, 1.165) is 21.4 Å². The van der Waals surface area contributed by atoms with Crippen molar-refractivity contribution in [2.45, 2.75) is 6.92 Å². The van der Waals surface area contributed by atoms with Crippen LogP contribution in [0.5, 0.6) is 0 Å². The molecule has 0 radical (unpaired) electrons. The second-order valence-electron chi connectivity index (χ2n) is 3.86. The summed E-state index contributed by atoms with van der Waals surface area (Å²) >= 11 is 9.39. The van der Waals surface area contributed by atoms with E-state index in [1.54, 1.807) is 6.07 Å². The van der Waals surface area contributed by atoms with Crippen LogP contribution < -0.4 is 5.32 Å². The number of anilines is 2. The van der Waals surface area contributed by atoms with Crippen LogP contribution in [0.2, 0.25) is 5.02 Å². The van der Waals surface area contributed by atoms with E-state index in [4.69, 9.17) is 16.9 Å². The molecule has 2 nitrogen and oxygen atoms in total. The van der Waals surface area contributed by atoms with E-state index in [1.165, 1.54) is 0 Å². The molecule has 0 atom stereocenters. The third kappa shape index (κ3) is 2.66. The predicted octanol–water partition coefficient (Wildman–Crippen LogP) is 5.03. The molecule has 1 N–H and O–H groups in total. The van der Waals surface area contributed by atoms with Gasteiger partial charge in [-0.05, 0) is 52.7 Å². The fourth-order valence-electron chi connectivity index (χ4n) is 1.65. The summed E-state index contributed by atoms with van der Waals surface area (Å²) in [4.78, 5) is 0. The van der Waals surface area contributed by atoms with Gasteiger partial charge in [0.25, 0.3) is 0 Å². The lowest BCUT2D eigenvalue weighted by atomic mass is 10.1. The van der Waals surface area contributed by atoms with Crippen molar-refractivity contribution in [3.63, 3.8) is 0 Å². The van der Waals surface area contributed by atoms with Crippen LogP contribution in [-0.2, 0) is 0 Å². The first-order chi connectivity index (χ1) is 8.61. The summed E-state index contributed by atoms with van der Waals surface area (Å²) in [6.07, 6.45) is 0. The molecule has 2 rings (SSSR count). The Balaban J connectivity index is 2.40. The van der Waals surface area contributed by atoms with Crippen molar-refractivity contribution in [1.82, 2.24) is 0 Å². The number of para-hydroxylation sites is 1. The number of aryl methyl sites for hydroxylation is 1.